The average Bonchev–Trinajstić information content (AvgIpc) is 2.73. The van der Waals surface area contributed by atoms with Crippen LogP contribution in [0.15, 0.2) is 12.1 Å². The summed E-state index contributed by atoms with van der Waals surface area (Å²) in [4.78, 5) is 18.6. The van der Waals surface area contributed by atoms with Gasteiger partial charge in [-0.1, -0.05) is 17.7 Å². The Morgan fingerprint density at radius 3 is 2.72 bits per heavy atom. The van der Waals surface area contributed by atoms with Crippen molar-refractivity contribution in [3.05, 3.63) is 34.1 Å². The summed E-state index contributed by atoms with van der Waals surface area (Å²) < 4.78 is 14.5. The molecule has 2 saturated heterocycles. The molecule has 1 spiro atoms. The third kappa shape index (κ3) is 3.69. The fraction of sp³-hybridized carbons (Fsp3) is 0.632. The molecule has 1 aromatic carbocycles. The minimum absolute atomic E-state index is 0.0224. The third-order valence-corrected chi connectivity index (χ3v) is 6.34. The highest BCUT2D eigenvalue weighted by Gasteiger charge is 2.41. The zero-order chi connectivity index (χ0) is 18.2. The van der Waals surface area contributed by atoms with Crippen molar-refractivity contribution in [3.63, 3.8) is 0 Å². The van der Waals surface area contributed by atoms with Crippen molar-refractivity contribution >= 4 is 17.5 Å². The van der Waals surface area contributed by atoms with Gasteiger partial charge in [-0.3, -0.25) is 14.6 Å². The Balaban J connectivity index is 1.79. The van der Waals surface area contributed by atoms with Crippen LogP contribution < -0.4 is 0 Å². The molecule has 0 N–H and O–H groups in total. The van der Waals surface area contributed by atoms with Crippen molar-refractivity contribution in [2.24, 2.45) is 0 Å². The Labute approximate surface area is 154 Å². The molecule has 3 rings (SSSR count). The molecule has 2 aliphatic heterocycles. The van der Waals surface area contributed by atoms with Gasteiger partial charge in [0, 0.05) is 62.3 Å². The first-order valence-corrected chi connectivity index (χ1v) is 9.31. The van der Waals surface area contributed by atoms with Crippen molar-refractivity contribution in [1.82, 2.24) is 14.7 Å². The number of benzene rings is 1. The molecule has 1 amide bonds. The number of nitrogens with zero attached hydrogens (tertiary/aromatic N) is 3. The number of carbonyl (C=O) groups is 1. The van der Waals surface area contributed by atoms with Crippen molar-refractivity contribution in [3.8, 4) is 0 Å². The van der Waals surface area contributed by atoms with Crippen LogP contribution in [0.2, 0.25) is 5.02 Å². The predicted octanol–water partition coefficient (Wildman–Crippen LogP) is 2.92. The highest BCUT2D eigenvalue weighted by atomic mass is 35.5. The molecule has 0 radical (unpaired) electrons. The number of piperazine rings is 1. The molecule has 1 aromatic rings. The molecule has 25 heavy (non-hydrogen) atoms. The predicted molar refractivity (Wildman–Crippen MR) is 98.3 cm³/mol. The van der Waals surface area contributed by atoms with Crippen LogP contribution in [0.3, 0.4) is 0 Å². The number of halogens is 2. The highest BCUT2D eigenvalue weighted by Crippen LogP contribution is 2.33. The van der Waals surface area contributed by atoms with E-state index in [-0.39, 0.29) is 17.3 Å². The molecular weight excluding hydrogens is 341 g/mol. The number of amides is 1. The van der Waals surface area contributed by atoms with E-state index in [0.717, 1.165) is 39.0 Å². The Morgan fingerprint density at radius 1 is 1.20 bits per heavy atom. The van der Waals surface area contributed by atoms with E-state index in [2.05, 4.69) is 16.8 Å². The van der Waals surface area contributed by atoms with Gasteiger partial charge in [0.1, 0.15) is 5.82 Å². The Hall–Kier alpha value is -1.17. The number of hydrogen-bond donors (Lipinski definition) is 0. The highest BCUT2D eigenvalue weighted by molar-refractivity contribution is 6.31. The Morgan fingerprint density at radius 2 is 1.96 bits per heavy atom. The van der Waals surface area contributed by atoms with Gasteiger partial charge in [0.15, 0.2) is 0 Å². The molecule has 2 fully saturated rings. The average molecular weight is 368 g/mol. The van der Waals surface area contributed by atoms with Crippen molar-refractivity contribution in [2.75, 3.05) is 40.3 Å². The standard InChI is InChI=1S/C19H27ClFN3O/c1-14-4-5-16(20)15(18(14)21)12-24-11-10-23(3)19(13-24)7-6-17(25)22(2)9-8-19/h4-5H,6-13H2,1-3H3/t19-/m0/s1. The summed E-state index contributed by atoms with van der Waals surface area (Å²) in [6, 6.07) is 3.50. The molecule has 0 aromatic heterocycles. The summed E-state index contributed by atoms with van der Waals surface area (Å²) in [5.74, 6) is 0.0198. The number of hydrogen-bond acceptors (Lipinski definition) is 3. The van der Waals surface area contributed by atoms with Gasteiger partial charge in [0.2, 0.25) is 5.91 Å². The van der Waals surface area contributed by atoms with Gasteiger partial charge in [0.25, 0.3) is 0 Å². The maximum absolute atomic E-state index is 14.5. The minimum Gasteiger partial charge on any atom is -0.346 e. The van der Waals surface area contributed by atoms with Gasteiger partial charge in [-0.25, -0.2) is 4.39 Å². The molecule has 0 unspecified atom stereocenters. The monoisotopic (exact) mass is 367 g/mol. The van der Waals surface area contributed by atoms with E-state index >= 15 is 0 Å². The molecule has 1 atom stereocenters. The lowest BCUT2D eigenvalue weighted by molar-refractivity contribution is -0.129. The second-order valence-electron chi connectivity index (χ2n) is 7.58. The van der Waals surface area contributed by atoms with Crippen LogP contribution in [0, 0.1) is 12.7 Å². The Bertz CT molecular complexity index is 668. The topological polar surface area (TPSA) is 26.8 Å². The van der Waals surface area contributed by atoms with Crippen molar-refractivity contribution in [2.45, 2.75) is 38.3 Å². The van der Waals surface area contributed by atoms with Gasteiger partial charge >= 0.3 is 0 Å². The van der Waals surface area contributed by atoms with E-state index in [1.54, 1.807) is 19.1 Å². The number of aryl methyl sites for hydroxylation is 1. The largest absolute Gasteiger partial charge is 0.346 e. The van der Waals surface area contributed by atoms with E-state index in [4.69, 9.17) is 11.6 Å². The van der Waals surface area contributed by atoms with Crippen LogP contribution in [-0.4, -0.2) is 66.4 Å². The van der Waals surface area contributed by atoms with Crippen molar-refractivity contribution < 1.29 is 9.18 Å². The van der Waals surface area contributed by atoms with E-state index in [1.807, 2.05) is 11.9 Å². The quantitative estimate of drug-likeness (QED) is 0.804. The number of likely N-dealkylation sites (tertiary alicyclic amines) is 1. The first-order chi connectivity index (χ1) is 11.8. The van der Waals surface area contributed by atoms with Gasteiger partial charge in [0.05, 0.1) is 0 Å². The SMILES string of the molecule is Cc1ccc(Cl)c(CN2CCN(C)[C@]3(CCC(=O)N(C)CC3)C2)c1F. The van der Waals surface area contributed by atoms with Gasteiger partial charge < -0.3 is 4.90 Å². The van der Waals surface area contributed by atoms with Crippen LogP contribution in [0.5, 0.6) is 0 Å². The molecule has 2 heterocycles. The summed E-state index contributed by atoms with van der Waals surface area (Å²) >= 11 is 6.26. The zero-order valence-electron chi connectivity index (χ0n) is 15.3. The number of carbonyl (C=O) groups excluding carboxylic acids is 1. The lowest BCUT2D eigenvalue weighted by Crippen LogP contribution is -2.60. The van der Waals surface area contributed by atoms with Gasteiger partial charge in [-0.2, -0.15) is 0 Å². The first-order valence-electron chi connectivity index (χ1n) is 8.93. The molecule has 0 saturated carbocycles. The van der Waals surface area contributed by atoms with Crippen LogP contribution in [0.25, 0.3) is 0 Å². The lowest BCUT2D eigenvalue weighted by Gasteiger charge is -2.49. The van der Waals surface area contributed by atoms with E-state index in [9.17, 15) is 9.18 Å². The molecule has 0 bridgehead atoms. The van der Waals surface area contributed by atoms with Crippen LogP contribution in [-0.2, 0) is 11.3 Å². The minimum atomic E-state index is -0.198. The zero-order valence-corrected chi connectivity index (χ0v) is 16.1. The second-order valence-corrected chi connectivity index (χ2v) is 7.99. The lowest BCUT2D eigenvalue weighted by atomic mass is 9.86. The molecule has 138 valence electrons. The second kappa shape index (κ2) is 7.22. The summed E-state index contributed by atoms with van der Waals surface area (Å²) in [5.41, 5.74) is 1.19. The fourth-order valence-corrected chi connectivity index (χ4v) is 4.26. The fourth-order valence-electron chi connectivity index (χ4n) is 4.06. The normalized spacial score (nSPS) is 26.3. The van der Waals surface area contributed by atoms with E-state index in [0.29, 0.717) is 29.1 Å². The summed E-state index contributed by atoms with van der Waals surface area (Å²) in [5, 5.41) is 0.492. The number of rotatable bonds is 2. The third-order valence-electron chi connectivity index (χ3n) is 5.98. The summed E-state index contributed by atoms with van der Waals surface area (Å²) in [6.07, 6.45) is 2.38. The number of likely N-dealkylation sites (N-methyl/N-ethyl adjacent to an activating group) is 1. The Kier molecular flexibility index (Phi) is 5.37. The molecule has 6 heteroatoms. The van der Waals surface area contributed by atoms with Gasteiger partial charge in [-0.15, -0.1) is 0 Å². The van der Waals surface area contributed by atoms with Gasteiger partial charge in [-0.05, 0) is 38.4 Å². The van der Waals surface area contributed by atoms with Crippen molar-refractivity contribution in [1.29, 1.82) is 0 Å². The summed E-state index contributed by atoms with van der Waals surface area (Å²) in [6.45, 7) is 5.71. The van der Waals surface area contributed by atoms with Crippen LogP contribution in [0.4, 0.5) is 4.39 Å². The molecule has 2 aliphatic rings. The summed E-state index contributed by atoms with van der Waals surface area (Å²) in [7, 11) is 4.03. The first kappa shape index (κ1) is 18.6. The van der Waals surface area contributed by atoms with Crippen LogP contribution >= 0.6 is 11.6 Å². The molecule has 4 nitrogen and oxygen atoms in total. The van der Waals surface area contributed by atoms with E-state index in [1.165, 1.54) is 0 Å². The van der Waals surface area contributed by atoms with E-state index < -0.39 is 0 Å². The molecule has 0 aliphatic carbocycles. The maximum atomic E-state index is 14.5. The smallest absolute Gasteiger partial charge is 0.222 e. The molecular formula is C19H27ClFN3O. The van der Waals surface area contributed by atoms with Crippen LogP contribution in [0.1, 0.15) is 30.4 Å². The maximum Gasteiger partial charge on any atom is 0.222 e.